The molecule has 1 aromatic heterocycles. The molecular weight excluding hydrogens is 200 g/mol. The molecule has 2 N–H and O–H groups in total. The van der Waals surface area contributed by atoms with Gasteiger partial charge in [-0.2, -0.15) is 0 Å². The summed E-state index contributed by atoms with van der Waals surface area (Å²) in [6.45, 7) is 8.66. The fourth-order valence-corrected chi connectivity index (χ4v) is 1.59. The first-order valence-electron chi connectivity index (χ1n) is 5.91. The Morgan fingerprint density at radius 3 is 2.75 bits per heavy atom. The van der Waals surface area contributed by atoms with E-state index in [1.807, 2.05) is 0 Å². The largest absolute Gasteiger partial charge is 0.365 e. The molecule has 0 aromatic carbocycles. The lowest BCUT2D eigenvalue weighted by molar-refractivity contribution is 0.469. The van der Waals surface area contributed by atoms with Crippen LogP contribution in [0, 0.1) is 0 Å². The van der Waals surface area contributed by atoms with Crippen LogP contribution in [-0.2, 0) is 5.41 Å². The summed E-state index contributed by atoms with van der Waals surface area (Å²) < 4.78 is 0. The Morgan fingerprint density at radius 1 is 1.44 bits per heavy atom. The molecule has 0 spiro atoms. The van der Waals surface area contributed by atoms with Crippen molar-refractivity contribution in [2.24, 2.45) is 0 Å². The average Bonchev–Trinajstić information content (AvgIpc) is 2.24. The fourth-order valence-electron chi connectivity index (χ4n) is 1.59. The van der Waals surface area contributed by atoms with E-state index in [-0.39, 0.29) is 5.41 Å². The van der Waals surface area contributed by atoms with Gasteiger partial charge < -0.3 is 10.6 Å². The number of nitrogens with one attached hydrogen (secondary N) is 2. The predicted molar refractivity (Wildman–Crippen MR) is 65.6 cm³/mol. The molecule has 0 radical (unpaired) electrons. The lowest BCUT2D eigenvalue weighted by atomic mass is 9.86. The number of rotatable bonds is 4. The van der Waals surface area contributed by atoms with Crippen LogP contribution in [0.3, 0.4) is 0 Å². The zero-order valence-electron chi connectivity index (χ0n) is 10.2. The van der Waals surface area contributed by atoms with Gasteiger partial charge in [0.1, 0.15) is 12.1 Å². The van der Waals surface area contributed by atoms with Gasteiger partial charge in [-0.3, -0.25) is 0 Å². The van der Waals surface area contributed by atoms with E-state index >= 15 is 0 Å². The molecule has 2 rings (SSSR count). The van der Waals surface area contributed by atoms with Crippen LogP contribution >= 0.6 is 0 Å². The molecule has 1 aliphatic rings. The topological polar surface area (TPSA) is 49.8 Å². The van der Waals surface area contributed by atoms with Crippen molar-refractivity contribution in [1.82, 2.24) is 15.3 Å². The molecule has 1 aliphatic heterocycles. The van der Waals surface area contributed by atoms with Crippen LogP contribution in [0.25, 0.3) is 0 Å². The smallest absolute Gasteiger partial charge is 0.129 e. The number of aromatic nitrogens is 2. The molecule has 4 nitrogen and oxygen atoms in total. The van der Waals surface area contributed by atoms with Crippen LogP contribution in [0.2, 0.25) is 0 Å². The molecule has 88 valence electrons. The van der Waals surface area contributed by atoms with E-state index in [9.17, 15) is 0 Å². The van der Waals surface area contributed by atoms with Gasteiger partial charge in [0.2, 0.25) is 0 Å². The normalized spacial score (nSPS) is 16.9. The monoisotopic (exact) mass is 220 g/mol. The van der Waals surface area contributed by atoms with Crippen molar-refractivity contribution >= 4 is 5.82 Å². The quantitative estimate of drug-likeness (QED) is 0.808. The molecule has 0 saturated carbocycles. The molecular formula is C12H20N4. The van der Waals surface area contributed by atoms with Crippen molar-refractivity contribution in [3.8, 4) is 0 Å². The van der Waals surface area contributed by atoms with Gasteiger partial charge in [0.05, 0.1) is 11.7 Å². The summed E-state index contributed by atoms with van der Waals surface area (Å²) in [4.78, 5) is 8.63. The zero-order valence-corrected chi connectivity index (χ0v) is 10.2. The summed E-state index contributed by atoms with van der Waals surface area (Å²) in [7, 11) is 0. The first kappa shape index (κ1) is 11.3. The lowest BCUT2D eigenvalue weighted by Gasteiger charge is -2.29. The highest BCUT2D eigenvalue weighted by Crippen LogP contribution is 2.25. The Labute approximate surface area is 96.9 Å². The molecule has 0 bridgehead atoms. The van der Waals surface area contributed by atoms with E-state index in [0.29, 0.717) is 6.04 Å². The lowest BCUT2D eigenvalue weighted by Crippen LogP contribution is -2.51. The molecule has 4 heteroatoms. The minimum atomic E-state index is 0.122. The Bertz CT molecular complexity index is 358. The third kappa shape index (κ3) is 2.32. The van der Waals surface area contributed by atoms with Crippen LogP contribution in [0.5, 0.6) is 0 Å². The third-order valence-electron chi connectivity index (χ3n) is 3.38. The minimum Gasteiger partial charge on any atom is -0.365 e. The van der Waals surface area contributed by atoms with Crippen molar-refractivity contribution in [1.29, 1.82) is 0 Å². The van der Waals surface area contributed by atoms with Gasteiger partial charge in [0.15, 0.2) is 0 Å². The van der Waals surface area contributed by atoms with Gasteiger partial charge in [-0.05, 0) is 6.42 Å². The van der Waals surface area contributed by atoms with Crippen molar-refractivity contribution in [2.75, 3.05) is 18.4 Å². The van der Waals surface area contributed by atoms with Gasteiger partial charge >= 0.3 is 0 Å². The van der Waals surface area contributed by atoms with Gasteiger partial charge in [0.25, 0.3) is 0 Å². The summed E-state index contributed by atoms with van der Waals surface area (Å²) in [5, 5.41) is 6.63. The second-order valence-electron chi connectivity index (χ2n) is 5.03. The van der Waals surface area contributed by atoms with Gasteiger partial charge in [-0.1, -0.05) is 20.8 Å². The van der Waals surface area contributed by atoms with E-state index in [0.717, 1.165) is 31.0 Å². The van der Waals surface area contributed by atoms with Crippen molar-refractivity contribution in [2.45, 2.75) is 38.6 Å². The molecule has 16 heavy (non-hydrogen) atoms. The van der Waals surface area contributed by atoms with Gasteiger partial charge in [-0.25, -0.2) is 9.97 Å². The maximum absolute atomic E-state index is 4.37. The van der Waals surface area contributed by atoms with Gasteiger partial charge in [0, 0.05) is 24.6 Å². The highest BCUT2D eigenvalue weighted by atomic mass is 15.1. The maximum Gasteiger partial charge on any atom is 0.129 e. The van der Waals surface area contributed by atoms with Crippen LogP contribution in [-0.4, -0.2) is 29.1 Å². The Morgan fingerprint density at radius 2 is 2.19 bits per heavy atom. The Balaban J connectivity index is 2.12. The first-order chi connectivity index (χ1) is 7.62. The van der Waals surface area contributed by atoms with Crippen LogP contribution in [0.4, 0.5) is 5.82 Å². The summed E-state index contributed by atoms with van der Waals surface area (Å²) >= 11 is 0. The highest BCUT2D eigenvalue weighted by molar-refractivity contribution is 5.38. The second kappa shape index (κ2) is 4.37. The van der Waals surface area contributed by atoms with Gasteiger partial charge in [-0.15, -0.1) is 0 Å². The predicted octanol–water partition coefficient (Wildman–Crippen LogP) is 1.55. The van der Waals surface area contributed by atoms with Crippen LogP contribution in [0.15, 0.2) is 12.4 Å². The maximum atomic E-state index is 4.37. The first-order valence-corrected chi connectivity index (χ1v) is 5.91. The van der Waals surface area contributed by atoms with Crippen molar-refractivity contribution in [3.05, 3.63) is 18.1 Å². The number of anilines is 1. The van der Waals surface area contributed by atoms with Crippen molar-refractivity contribution in [3.63, 3.8) is 0 Å². The molecule has 0 unspecified atom stereocenters. The minimum absolute atomic E-state index is 0.122. The standard InChI is InChI=1S/C12H20N4/c1-4-12(2,3)10-5-11(15-8-14-10)16-9-6-13-7-9/h5,8-9,13H,4,6-7H2,1-3H3,(H,14,15,16). The molecule has 1 aromatic rings. The summed E-state index contributed by atoms with van der Waals surface area (Å²) in [6, 6.07) is 2.59. The van der Waals surface area contributed by atoms with Crippen molar-refractivity contribution < 1.29 is 0 Å². The fraction of sp³-hybridized carbons (Fsp3) is 0.667. The molecule has 1 fully saturated rings. The zero-order chi connectivity index (χ0) is 11.6. The summed E-state index contributed by atoms with van der Waals surface area (Å²) in [5.41, 5.74) is 1.23. The van der Waals surface area contributed by atoms with Crippen LogP contribution in [0.1, 0.15) is 32.9 Å². The highest BCUT2D eigenvalue weighted by Gasteiger charge is 2.21. The van der Waals surface area contributed by atoms with E-state index in [4.69, 9.17) is 0 Å². The second-order valence-corrected chi connectivity index (χ2v) is 5.03. The SMILES string of the molecule is CCC(C)(C)c1cc(NC2CNC2)ncn1. The third-order valence-corrected chi connectivity index (χ3v) is 3.38. The number of hydrogen-bond acceptors (Lipinski definition) is 4. The number of nitrogens with zero attached hydrogens (tertiary/aromatic N) is 2. The summed E-state index contributed by atoms with van der Waals surface area (Å²) in [5.74, 6) is 0.943. The molecule has 0 atom stereocenters. The molecule has 2 heterocycles. The summed E-state index contributed by atoms with van der Waals surface area (Å²) in [6.07, 6.45) is 2.73. The Hall–Kier alpha value is -1.16. The van der Waals surface area contributed by atoms with E-state index in [2.05, 4.69) is 47.4 Å². The molecule has 1 saturated heterocycles. The molecule has 0 aliphatic carbocycles. The van der Waals surface area contributed by atoms with E-state index in [1.165, 1.54) is 0 Å². The van der Waals surface area contributed by atoms with E-state index in [1.54, 1.807) is 6.33 Å². The Kier molecular flexibility index (Phi) is 3.10. The van der Waals surface area contributed by atoms with Crippen LogP contribution < -0.4 is 10.6 Å². The number of hydrogen-bond donors (Lipinski definition) is 2. The molecule has 0 amide bonds. The van der Waals surface area contributed by atoms with E-state index < -0.39 is 0 Å². The average molecular weight is 220 g/mol.